The first-order valence-corrected chi connectivity index (χ1v) is 7.69. The number of benzene rings is 1. The zero-order chi connectivity index (χ0) is 14.6. The molecule has 0 saturated carbocycles. The van der Waals surface area contributed by atoms with E-state index < -0.39 is 0 Å². The van der Waals surface area contributed by atoms with Gasteiger partial charge in [-0.3, -0.25) is 0 Å². The van der Waals surface area contributed by atoms with Crippen molar-refractivity contribution in [3.05, 3.63) is 35.9 Å². The van der Waals surface area contributed by atoms with Crippen LogP contribution in [0.1, 0.15) is 38.8 Å². The summed E-state index contributed by atoms with van der Waals surface area (Å²) in [6.07, 6.45) is 1.14. The predicted molar refractivity (Wildman–Crippen MR) is 85.5 cm³/mol. The van der Waals surface area contributed by atoms with Crippen LogP contribution in [0.25, 0.3) is 0 Å². The lowest BCUT2D eigenvalue weighted by Gasteiger charge is -2.37. The molecule has 0 bridgehead atoms. The Labute approximate surface area is 123 Å². The molecule has 3 nitrogen and oxygen atoms in total. The first kappa shape index (κ1) is 15.5. The molecular weight excluding hydrogens is 246 g/mol. The van der Waals surface area contributed by atoms with Crippen molar-refractivity contribution in [1.82, 2.24) is 15.3 Å². The molecular formula is C17H29N3. The third kappa shape index (κ3) is 4.89. The molecule has 0 amide bonds. The second-order valence-corrected chi connectivity index (χ2v) is 7.15. The Kier molecular flexibility index (Phi) is 5.19. The third-order valence-corrected chi connectivity index (χ3v) is 3.86. The molecule has 1 heterocycles. The number of rotatable bonds is 4. The lowest BCUT2D eigenvalue weighted by Crippen LogP contribution is -2.52. The van der Waals surface area contributed by atoms with E-state index in [9.17, 15) is 0 Å². The van der Waals surface area contributed by atoms with Crippen LogP contribution < -0.4 is 5.43 Å². The van der Waals surface area contributed by atoms with Gasteiger partial charge in [0.1, 0.15) is 0 Å². The smallest absolute Gasteiger partial charge is 0.0469 e. The van der Waals surface area contributed by atoms with Gasteiger partial charge in [0.15, 0.2) is 0 Å². The first-order valence-electron chi connectivity index (χ1n) is 7.69. The van der Waals surface area contributed by atoms with Crippen LogP contribution in [0.3, 0.4) is 0 Å². The van der Waals surface area contributed by atoms with Gasteiger partial charge < -0.3 is 4.90 Å². The summed E-state index contributed by atoms with van der Waals surface area (Å²) in [5.41, 5.74) is 5.47. The number of hydrogen-bond donors (Lipinski definition) is 1. The van der Waals surface area contributed by atoms with Crippen LogP contribution in [0, 0.1) is 5.41 Å². The minimum atomic E-state index is 0.320. The summed E-state index contributed by atoms with van der Waals surface area (Å²) in [5, 5.41) is 2.39. The van der Waals surface area contributed by atoms with Crippen molar-refractivity contribution in [2.45, 2.75) is 33.2 Å². The van der Waals surface area contributed by atoms with E-state index in [4.69, 9.17) is 0 Å². The van der Waals surface area contributed by atoms with Gasteiger partial charge in [0.05, 0.1) is 0 Å². The predicted octanol–water partition coefficient (Wildman–Crippen LogP) is 2.92. The van der Waals surface area contributed by atoms with E-state index in [0.717, 1.165) is 32.6 Å². The Hall–Kier alpha value is -0.900. The van der Waals surface area contributed by atoms with Gasteiger partial charge in [-0.25, -0.2) is 10.4 Å². The van der Waals surface area contributed by atoms with E-state index in [1.807, 2.05) is 0 Å². The average Bonchev–Trinajstić information content (AvgIpc) is 2.40. The molecule has 112 valence electrons. The molecule has 20 heavy (non-hydrogen) atoms. The fourth-order valence-electron chi connectivity index (χ4n) is 2.69. The normalized spacial score (nSPS) is 20.0. The van der Waals surface area contributed by atoms with Gasteiger partial charge in [-0.05, 0) is 24.4 Å². The molecule has 1 saturated heterocycles. The highest BCUT2D eigenvalue weighted by Gasteiger charge is 2.23. The molecule has 1 aliphatic heterocycles. The highest BCUT2D eigenvalue weighted by molar-refractivity contribution is 5.19. The van der Waals surface area contributed by atoms with Crippen LogP contribution in [0.5, 0.6) is 0 Å². The third-order valence-electron chi connectivity index (χ3n) is 3.86. The maximum atomic E-state index is 3.76. The number of hydrazine groups is 1. The topological polar surface area (TPSA) is 18.5 Å². The lowest BCUT2D eigenvalue weighted by molar-refractivity contribution is 0.0766. The van der Waals surface area contributed by atoms with E-state index in [1.54, 1.807) is 0 Å². The van der Waals surface area contributed by atoms with E-state index in [2.05, 4.69) is 73.5 Å². The molecule has 0 aliphatic carbocycles. The number of hydrogen-bond acceptors (Lipinski definition) is 3. The van der Waals surface area contributed by atoms with Gasteiger partial charge in [0.2, 0.25) is 0 Å². The number of piperazine rings is 1. The van der Waals surface area contributed by atoms with Crippen LogP contribution in [0.15, 0.2) is 30.3 Å². The monoisotopic (exact) mass is 275 g/mol. The summed E-state index contributed by atoms with van der Waals surface area (Å²) in [7, 11) is 2.20. The second kappa shape index (κ2) is 6.70. The molecule has 1 atom stereocenters. The maximum absolute atomic E-state index is 3.76. The zero-order valence-corrected chi connectivity index (χ0v) is 13.4. The van der Waals surface area contributed by atoms with Crippen molar-refractivity contribution in [2.24, 2.45) is 5.41 Å². The fraction of sp³-hybridized carbons (Fsp3) is 0.647. The van der Waals surface area contributed by atoms with Crippen LogP contribution in [-0.2, 0) is 0 Å². The van der Waals surface area contributed by atoms with Crippen LogP contribution >= 0.6 is 0 Å². The second-order valence-electron chi connectivity index (χ2n) is 7.15. The summed E-state index contributed by atoms with van der Waals surface area (Å²) < 4.78 is 0. The number of nitrogens with zero attached hydrogens (tertiary/aromatic N) is 2. The van der Waals surface area contributed by atoms with Crippen molar-refractivity contribution < 1.29 is 0 Å². The SMILES string of the molecule is CN1CCN(NC(CC(C)(C)C)c2ccccc2)CC1. The van der Waals surface area contributed by atoms with Crippen molar-refractivity contribution >= 4 is 0 Å². The molecule has 0 aromatic heterocycles. The van der Waals surface area contributed by atoms with Crippen LogP contribution in [0.4, 0.5) is 0 Å². The van der Waals surface area contributed by atoms with E-state index >= 15 is 0 Å². The van der Waals surface area contributed by atoms with Crippen molar-refractivity contribution in [3.8, 4) is 0 Å². The van der Waals surface area contributed by atoms with Gasteiger partial charge >= 0.3 is 0 Å². The van der Waals surface area contributed by atoms with Gasteiger partial charge in [-0.15, -0.1) is 0 Å². The van der Waals surface area contributed by atoms with E-state index in [-0.39, 0.29) is 0 Å². The van der Waals surface area contributed by atoms with E-state index in [0.29, 0.717) is 11.5 Å². The van der Waals surface area contributed by atoms with E-state index in [1.165, 1.54) is 5.56 Å². The highest BCUT2D eigenvalue weighted by atomic mass is 15.5. The Morgan fingerprint density at radius 3 is 2.20 bits per heavy atom. The van der Waals surface area contributed by atoms with Crippen molar-refractivity contribution in [3.63, 3.8) is 0 Å². The largest absolute Gasteiger partial charge is 0.304 e. The van der Waals surface area contributed by atoms with Gasteiger partial charge in [-0.1, -0.05) is 51.1 Å². The Bertz CT molecular complexity index is 388. The minimum absolute atomic E-state index is 0.320. The van der Waals surface area contributed by atoms with Crippen molar-refractivity contribution in [2.75, 3.05) is 33.2 Å². The van der Waals surface area contributed by atoms with Gasteiger partial charge in [0.25, 0.3) is 0 Å². The van der Waals surface area contributed by atoms with Gasteiger partial charge in [0, 0.05) is 32.2 Å². The lowest BCUT2D eigenvalue weighted by atomic mass is 9.86. The summed E-state index contributed by atoms with van der Waals surface area (Å²) >= 11 is 0. The first-order chi connectivity index (χ1) is 9.44. The summed E-state index contributed by atoms with van der Waals surface area (Å²) in [5.74, 6) is 0. The van der Waals surface area contributed by atoms with Crippen LogP contribution in [0.2, 0.25) is 0 Å². The van der Waals surface area contributed by atoms with Crippen molar-refractivity contribution in [1.29, 1.82) is 0 Å². The molecule has 1 unspecified atom stereocenters. The molecule has 2 rings (SSSR count). The Morgan fingerprint density at radius 2 is 1.65 bits per heavy atom. The summed E-state index contributed by atoms with van der Waals surface area (Å²) in [6, 6.07) is 11.2. The molecule has 1 fully saturated rings. The molecule has 0 spiro atoms. The standard InChI is InChI=1S/C17H29N3/c1-17(2,3)14-16(15-8-6-5-7-9-15)18-20-12-10-19(4)11-13-20/h5-9,16,18H,10-14H2,1-4H3. The summed E-state index contributed by atoms with van der Waals surface area (Å²) in [6.45, 7) is 11.4. The Balaban J connectivity index is 2.03. The molecule has 1 aromatic rings. The fourth-order valence-corrected chi connectivity index (χ4v) is 2.69. The zero-order valence-electron chi connectivity index (χ0n) is 13.4. The molecule has 3 heteroatoms. The molecule has 1 aromatic carbocycles. The molecule has 1 N–H and O–H groups in total. The number of likely N-dealkylation sites (N-methyl/N-ethyl adjacent to an activating group) is 1. The minimum Gasteiger partial charge on any atom is -0.304 e. The quantitative estimate of drug-likeness (QED) is 0.911. The van der Waals surface area contributed by atoms with Crippen LogP contribution in [-0.4, -0.2) is 43.1 Å². The number of nitrogens with one attached hydrogen (secondary N) is 1. The molecule has 0 radical (unpaired) electrons. The molecule has 1 aliphatic rings. The maximum Gasteiger partial charge on any atom is 0.0469 e. The summed E-state index contributed by atoms with van der Waals surface area (Å²) in [4.78, 5) is 2.39. The van der Waals surface area contributed by atoms with Gasteiger partial charge in [-0.2, -0.15) is 0 Å². The Morgan fingerprint density at radius 1 is 1.05 bits per heavy atom. The highest BCUT2D eigenvalue weighted by Crippen LogP contribution is 2.29. The average molecular weight is 275 g/mol.